The van der Waals surface area contributed by atoms with Crippen molar-refractivity contribution in [3.05, 3.63) is 77.1 Å². The van der Waals surface area contributed by atoms with E-state index in [9.17, 15) is 0 Å². The highest BCUT2D eigenvalue weighted by Crippen LogP contribution is 2.18. The molecule has 4 rings (SSSR count). The minimum Gasteiger partial charge on any atom is -0.378 e. The monoisotopic (exact) mass is 432 g/mol. The Hall–Kier alpha value is -3.32. The van der Waals surface area contributed by atoms with E-state index in [1.807, 2.05) is 17.7 Å². The Morgan fingerprint density at radius 1 is 1.00 bits per heavy atom. The molecule has 168 valence electrons. The summed E-state index contributed by atoms with van der Waals surface area (Å²) in [6.45, 7) is 8.97. The number of guanidine groups is 1. The predicted octanol–water partition coefficient (Wildman–Crippen LogP) is 3.19. The van der Waals surface area contributed by atoms with Crippen LogP contribution in [0.15, 0.2) is 59.6 Å². The first-order valence-electron chi connectivity index (χ1n) is 11.1. The van der Waals surface area contributed by atoms with Crippen LogP contribution in [0.5, 0.6) is 0 Å². The van der Waals surface area contributed by atoms with Crippen molar-refractivity contribution in [2.75, 3.05) is 38.3 Å². The van der Waals surface area contributed by atoms with Crippen LogP contribution in [0.2, 0.25) is 0 Å². The lowest BCUT2D eigenvalue weighted by Crippen LogP contribution is -2.37. The lowest BCUT2D eigenvalue weighted by Gasteiger charge is -2.28. The minimum absolute atomic E-state index is 0.657. The molecule has 1 aliphatic rings. The van der Waals surface area contributed by atoms with Crippen LogP contribution in [-0.4, -0.2) is 49.1 Å². The van der Waals surface area contributed by atoms with Crippen LogP contribution >= 0.6 is 0 Å². The average molecular weight is 433 g/mol. The van der Waals surface area contributed by atoms with Gasteiger partial charge in [0.1, 0.15) is 0 Å². The molecule has 0 amide bonds. The van der Waals surface area contributed by atoms with Gasteiger partial charge < -0.3 is 20.3 Å². The van der Waals surface area contributed by atoms with Crippen molar-refractivity contribution >= 4 is 11.6 Å². The summed E-state index contributed by atoms with van der Waals surface area (Å²) in [6.07, 6.45) is 0. The fraction of sp³-hybridized carbons (Fsp3) is 0.360. The third-order valence-corrected chi connectivity index (χ3v) is 5.67. The maximum absolute atomic E-state index is 5.44. The van der Waals surface area contributed by atoms with E-state index >= 15 is 0 Å². The Morgan fingerprint density at radius 2 is 1.72 bits per heavy atom. The van der Waals surface area contributed by atoms with Gasteiger partial charge in [-0.3, -0.25) is 4.99 Å². The predicted molar refractivity (Wildman–Crippen MR) is 130 cm³/mol. The molecule has 0 atom stereocenters. The summed E-state index contributed by atoms with van der Waals surface area (Å²) in [6, 6.07) is 19.1. The first-order chi connectivity index (χ1) is 15.6. The van der Waals surface area contributed by atoms with Gasteiger partial charge in [0.2, 0.25) is 0 Å². The molecule has 3 aromatic rings. The molecule has 0 saturated carbocycles. The molecule has 2 aromatic carbocycles. The summed E-state index contributed by atoms with van der Waals surface area (Å²) in [5, 5.41) is 11.5. The second kappa shape index (κ2) is 10.3. The standard InChI is InChI=1S/C25H32N6O/c1-19-16-20(2)31(29-19)24-7-5-4-6-22(24)18-28-25(26-3)27-17-21-8-10-23(11-9-21)30-12-14-32-15-13-30/h4-11,16H,12-15,17-18H2,1-3H3,(H2,26,27,28). The normalized spacial score (nSPS) is 14.5. The molecule has 32 heavy (non-hydrogen) atoms. The van der Waals surface area contributed by atoms with Crippen molar-refractivity contribution in [3.63, 3.8) is 0 Å². The number of hydrogen-bond donors (Lipinski definition) is 2. The van der Waals surface area contributed by atoms with Crippen LogP contribution in [0.1, 0.15) is 22.5 Å². The van der Waals surface area contributed by atoms with Crippen molar-refractivity contribution < 1.29 is 4.74 Å². The number of nitrogens with one attached hydrogen (secondary N) is 2. The molecule has 7 heteroatoms. The molecular formula is C25H32N6O. The number of morpholine rings is 1. The number of nitrogens with zero attached hydrogens (tertiary/aromatic N) is 4. The van der Waals surface area contributed by atoms with E-state index in [2.05, 4.69) is 81.1 Å². The molecule has 1 aromatic heterocycles. The Kier molecular flexibility index (Phi) is 7.07. The SMILES string of the molecule is CN=C(NCc1ccc(N2CCOCC2)cc1)NCc1ccccc1-n1nc(C)cc1C. The van der Waals surface area contributed by atoms with Crippen molar-refractivity contribution in [2.24, 2.45) is 4.99 Å². The number of benzene rings is 2. The maximum atomic E-state index is 5.44. The first kappa shape index (κ1) is 21.9. The molecular weight excluding hydrogens is 400 g/mol. The molecule has 0 radical (unpaired) electrons. The highest BCUT2D eigenvalue weighted by Gasteiger charge is 2.11. The Balaban J connectivity index is 1.35. The molecule has 1 fully saturated rings. The molecule has 0 unspecified atom stereocenters. The number of hydrogen-bond acceptors (Lipinski definition) is 4. The summed E-state index contributed by atoms with van der Waals surface area (Å²) < 4.78 is 7.44. The topological polar surface area (TPSA) is 66.7 Å². The van der Waals surface area contributed by atoms with Crippen molar-refractivity contribution in [1.29, 1.82) is 0 Å². The zero-order chi connectivity index (χ0) is 22.3. The molecule has 1 saturated heterocycles. The van der Waals surface area contributed by atoms with Crippen LogP contribution in [0.25, 0.3) is 5.69 Å². The van der Waals surface area contributed by atoms with E-state index in [-0.39, 0.29) is 0 Å². The van der Waals surface area contributed by atoms with Gasteiger partial charge >= 0.3 is 0 Å². The van der Waals surface area contributed by atoms with E-state index in [0.717, 1.165) is 54.9 Å². The summed E-state index contributed by atoms with van der Waals surface area (Å²) in [4.78, 5) is 6.75. The van der Waals surface area contributed by atoms with Crippen molar-refractivity contribution in [2.45, 2.75) is 26.9 Å². The third-order valence-electron chi connectivity index (χ3n) is 5.67. The highest BCUT2D eigenvalue weighted by atomic mass is 16.5. The zero-order valence-corrected chi connectivity index (χ0v) is 19.1. The number of ether oxygens (including phenoxy) is 1. The maximum Gasteiger partial charge on any atom is 0.191 e. The Bertz CT molecular complexity index is 1050. The van der Waals surface area contributed by atoms with Gasteiger partial charge in [-0.25, -0.2) is 4.68 Å². The van der Waals surface area contributed by atoms with Gasteiger partial charge in [0.15, 0.2) is 5.96 Å². The summed E-state index contributed by atoms with van der Waals surface area (Å²) in [5.41, 5.74) is 6.85. The van der Waals surface area contributed by atoms with Crippen LogP contribution in [0, 0.1) is 13.8 Å². The molecule has 7 nitrogen and oxygen atoms in total. The van der Waals surface area contributed by atoms with Gasteiger partial charge in [0, 0.05) is 44.6 Å². The molecule has 2 N–H and O–H groups in total. The van der Waals surface area contributed by atoms with Gasteiger partial charge in [-0.15, -0.1) is 0 Å². The van der Waals surface area contributed by atoms with Crippen LogP contribution < -0.4 is 15.5 Å². The van der Waals surface area contributed by atoms with Crippen LogP contribution in [-0.2, 0) is 17.8 Å². The Labute approximate surface area is 190 Å². The van der Waals surface area contributed by atoms with E-state index in [0.29, 0.717) is 13.1 Å². The number of rotatable bonds is 6. The van der Waals surface area contributed by atoms with Gasteiger partial charge in [-0.05, 0) is 49.2 Å². The fourth-order valence-electron chi connectivity index (χ4n) is 3.97. The number of para-hydroxylation sites is 1. The minimum atomic E-state index is 0.657. The lowest BCUT2D eigenvalue weighted by atomic mass is 10.1. The van der Waals surface area contributed by atoms with Crippen LogP contribution in [0.3, 0.4) is 0 Å². The number of aromatic nitrogens is 2. The third kappa shape index (κ3) is 5.29. The second-order valence-corrected chi connectivity index (χ2v) is 8.01. The number of aryl methyl sites for hydroxylation is 2. The number of anilines is 1. The average Bonchev–Trinajstić information content (AvgIpc) is 3.18. The van der Waals surface area contributed by atoms with Crippen LogP contribution in [0.4, 0.5) is 5.69 Å². The Morgan fingerprint density at radius 3 is 2.41 bits per heavy atom. The largest absolute Gasteiger partial charge is 0.378 e. The quantitative estimate of drug-likeness (QED) is 0.463. The van der Waals surface area contributed by atoms with E-state index < -0.39 is 0 Å². The van der Waals surface area contributed by atoms with E-state index in [4.69, 9.17) is 4.74 Å². The second-order valence-electron chi connectivity index (χ2n) is 8.01. The lowest BCUT2D eigenvalue weighted by molar-refractivity contribution is 0.122. The van der Waals surface area contributed by atoms with Crippen molar-refractivity contribution in [1.82, 2.24) is 20.4 Å². The van der Waals surface area contributed by atoms with E-state index in [1.54, 1.807) is 7.05 Å². The smallest absolute Gasteiger partial charge is 0.191 e. The van der Waals surface area contributed by atoms with E-state index in [1.165, 1.54) is 11.3 Å². The molecule has 0 spiro atoms. The van der Waals surface area contributed by atoms with Gasteiger partial charge in [0.25, 0.3) is 0 Å². The van der Waals surface area contributed by atoms with Crippen molar-refractivity contribution in [3.8, 4) is 5.69 Å². The molecule has 0 bridgehead atoms. The van der Waals surface area contributed by atoms with Gasteiger partial charge in [-0.1, -0.05) is 30.3 Å². The highest BCUT2D eigenvalue weighted by molar-refractivity contribution is 5.79. The van der Waals surface area contributed by atoms with Gasteiger partial charge in [0.05, 0.1) is 24.6 Å². The molecule has 1 aliphatic heterocycles. The fourth-order valence-corrected chi connectivity index (χ4v) is 3.97. The first-order valence-corrected chi connectivity index (χ1v) is 11.1. The van der Waals surface area contributed by atoms with Gasteiger partial charge in [-0.2, -0.15) is 5.10 Å². The summed E-state index contributed by atoms with van der Waals surface area (Å²) in [5.74, 6) is 0.769. The zero-order valence-electron chi connectivity index (χ0n) is 19.1. The molecule has 2 heterocycles. The number of aliphatic imine (C=N–C) groups is 1. The molecule has 0 aliphatic carbocycles. The summed E-state index contributed by atoms with van der Waals surface area (Å²) >= 11 is 0. The summed E-state index contributed by atoms with van der Waals surface area (Å²) in [7, 11) is 1.80.